The van der Waals surface area contributed by atoms with E-state index in [9.17, 15) is 40.8 Å². The van der Waals surface area contributed by atoms with E-state index in [-0.39, 0.29) is 48.0 Å². The Morgan fingerprint density at radius 1 is 0.494 bits per heavy atom. The maximum atomic E-state index is 13.9. The van der Waals surface area contributed by atoms with Gasteiger partial charge >= 0.3 is 12.2 Å². The first kappa shape index (κ1) is 62.7. The van der Waals surface area contributed by atoms with Gasteiger partial charge in [0.2, 0.25) is 0 Å². The van der Waals surface area contributed by atoms with Crippen LogP contribution in [-0.2, 0) is 38.9 Å². The molecule has 20 heteroatoms. The van der Waals surface area contributed by atoms with Crippen LogP contribution in [0.4, 0.5) is 22.8 Å². The highest BCUT2D eigenvalue weighted by Crippen LogP contribution is 2.35. The number of alkyl carbamates (subject to hydrolysis) is 2. The molecule has 1 aliphatic rings. The number of amides is 4. The number of hydrogen-bond donors (Lipinski definition) is 2. The number of imide groups is 1. The van der Waals surface area contributed by atoms with E-state index in [2.05, 4.69) is 47.5 Å². The van der Waals surface area contributed by atoms with Gasteiger partial charge in [-0.25, -0.2) is 46.1 Å². The average molecular weight is 1320 g/mol. The molecule has 2 N–H and O–H groups in total. The van der Waals surface area contributed by atoms with Crippen LogP contribution in [0, 0.1) is 17.5 Å². The Kier molecular flexibility index (Phi) is 18.7. The summed E-state index contributed by atoms with van der Waals surface area (Å²) in [5, 5.41) is 7.81. The number of carbonyl (C=O) groups is 4. The number of carbonyl (C=O) groups excluding carboxylic acids is 4. The van der Waals surface area contributed by atoms with Gasteiger partial charge in [-0.15, -0.1) is 0 Å². The van der Waals surface area contributed by atoms with Crippen LogP contribution in [0.5, 0.6) is 0 Å². The van der Waals surface area contributed by atoms with Crippen molar-refractivity contribution < 1.29 is 50.2 Å². The summed E-state index contributed by atoms with van der Waals surface area (Å²) < 4.78 is 78.2. The van der Waals surface area contributed by atoms with Gasteiger partial charge in [-0.3, -0.25) is 14.5 Å². The Bertz CT molecular complexity index is 4430. The zero-order chi connectivity index (χ0) is 62.5. The lowest BCUT2D eigenvalue weighted by atomic mass is 10.0. The summed E-state index contributed by atoms with van der Waals surface area (Å²) in [6, 6.07) is 46.9. The van der Waals surface area contributed by atoms with E-state index >= 15 is 0 Å². The summed E-state index contributed by atoms with van der Waals surface area (Å²) >= 11 is 7.03. The van der Waals surface area contributed by atoms with Crippen LogP contribution < -0.4 is 10.6 Å². The predicted molar refractivity (Wildman–Crippen MR) is 337 cm³/mol. The van der Waals surface area contributed by atoms with Crippen molar-refractivity contribution in [2.45, 2.75) is 77.3 Å². The molecule has 10 aromatic rings. The third kappa shape index (κ3) is 15.4. The van der Waals surface area contributed by atoms with Gasteiger partial charge in [0.15, 0.2) is 9.84 Å². The fourth-order valence-electron chi connectivity index (χ4n) is 9.49. The summed E-state index contributed by atoms with van der Waals surface area (Å²) in [6.07, 6.45) is 0.00299. The number of pyridine rings is 3. The van der Waals surface area contributed by atoms with Crippen molar-refractivity contribution in [1.29, 1.82) is 0 Å². The molecule has 0 fully saturated rings. The third-order valence-corrected chi connectivity index (χ3v) is 15.6. The van der Waals surface area contributed by atoms with Crippen molar-refractivity contribution in [1.82, 2.24) is 30.5 Å². The van der Waals surface area contributed by atoms with Gasteiger partial charge < -0.3 is 20.1 Å². The van der Waals surface area contributed by atoms with Crippen LogP contribution in [0.25, 0.3) is 66.5 Å². The molecule has 87 heavy (non-hydrogen) atoms. The van der Waals surface area contributed by atoms with E-state index in [1.165, 1.54) is 47.4 Å². The number of para-hydroxylation sites is 3. The number of ether oxygens (including phenoxy) is 2. The number of nitrogens with one attached hydrogen (secondary N) is 2. The lowest BCUT2D eigenvalue weighted by molar-refractivity contribution is 0.0512. The molecular formula is C67H57Br2F3N6O8S. The van der Waals surface area contributed by atoms with Gasteiger partial charge in [0.05, 0.1) is 56.2 Å². The zero-order valence-electron chi connectivity index (χ0n) is 48.1. The van der Waals surface area contributed by atoms with Crippen molar-refractivity contribution >= 4 is 98.4 Å². The third-order valence-electron chi connectivity index (χ3n) is 13.2. The zero-order valence-corrected chi connectivity index (χ0v) is 52.1. The Balaban J connectivity index is 0.000000156. The van der Waals surface area contributed by atoms with Gasteiger partial charge in [-0.2, -0.15) is 0 Å². The number of sulfone groups is 1. The second-order valence-electron chi connectivity index (χ2n) is 22.2. The predicted octanol–water partition coefficient (Wildman–Crippen LogP) is 15.9. The van der Waals surface area contributed by atoms with Gasteiger partial charge in [0.1, 0.15) is 28.7 Å². The quantitative estimate of drug-likeness (QED) is 0.124. The normalized spacial score (nSPS) is 12.3. The Morgan fingerprint density at radius 3 is 1.24 bits per heavy atom. The van der Waals surface area contributed by atoms with Crippen LogP contribution in [0.1, 0.15) is 78.9 Å². The molecule has 0 atom stereocenters. The molecule has 0 saturated carbocycles. The standard InChI is InChI=1S/C24H14BrFN2O2.C22H23FN2O4S.C21H20BrFN2O2/c25-20-10-4-6-14-11-16(21(27-22(14)20)15-5-3-7-17(26)12-15)13-28-23(29)18-8-1-2-9-19(18)24(28)30;1-22(2,3)29-21(26)24-13-16-11-14-8-6-10-18(30(4,27)28)20(14)25-19(16)15-7-5-9-17(23)12-15;1-21(2,3)27-20(26)24-12-15-10-13-7-5-9-17(22)19(13)25-18(15)14-6-4-8-16(23)11-14/h1-12H,13H2;5-12H,13H2,1-4H3,(H,24,26);4-11H,12H2,1-3H3,(H,24,26). The topological polar surface area (TPSA) is 187 Å². The highest BCUT2D eigenvalue weighted by molar-refractivity contribution is 9.11. The molecule has 0 aliphatic carbocycles. The van der Waals surface area contributed by atoms with E-state index in [1.54, 1.807) is 120 Å². The van der Waals surface area contributed by atoms with Gasteiger partial charge in [-0.05, 0) is 175 Å². The van der Waals surface area contributed by atoms with Crippen LogP contribution in [0.2, 0.25) is 0 Å². The SMILES string of the molecule is CC(C)(C)OC(=O)NCc1cc2cccc(Br)c2nc1-c1cccc(F)c1.CC(C)(C)OC(=O)NCc1cc2cccc(S(C)(=O)=O)c2nc1-c1cccc(F)c1.O=C1c2ccccc2C(=O)N1Cc1cc2cccc(Br)c2nc1-c1cccc(F)c1. The van der Waals surface area contributed by atoms with Crippen molar-refractivity contribution in [2.24, 2.45) is 0 Å². The first-order chi connectivity index (χ1) is 41.2. The van der Waals surface area contributed by atoms with Crippen molar-refractivity contribution in [2.75, 3.05) is 6.26 Å². The molecule has 11 rings (SSSR count). The molecule has 0 unspecified atom stereocenters. The van der Waals surface area contributed by atoms with Crippen LogP contribution >= 0.6 is 31.9 Å². The number of benzene rings is 7. The molecule has 4 amide bonds. The van der Waals surface area contributed by atoms with Crippen molar-refractivity contribution in [3.8, 4) is 33.8 Å². The Morgan fingerprint density at radius 2 is 0.851 bits per heavy atom. The molecule has 3 aromatic heterocycles. The molecule has 0 bridgehead atoms. The molecule has 0 spiro atoms. The molecule has 0 radical (unpaired) electrons. The molecule has 7 aromatic carbocycles. The Hall–Kier alpha value is -8.85. The van der Waals surface area contributed by atoms with E-state index < -0.39 is 39.0 Å². The first-order valence-corrected chi connectivity index (χ1v) is 30.6. The van der Waals surface area contributed by atoms with E-state index in [4.69, 9.17) is 19.4 Å². The summed E-state index contributed by atoms with van der Waals surface area (Å²) in [4.78, 5) is 65.2. The number of fused-ring (bicyclic) bond motifs is 4. The van der Waals surface area contributed by atoms with E-state index in [0.717, 1.165) is 42.6 Å². The first-order valence-electron chi connectivity index (χ1n) is 27.2. The second kappa shape index (κ2) is 26.0. The number of nitrogens with zero attached hydrogens (tertiary/aromatic N) is 4. The lowest BCUT2D eigenvalue weighted by Gasteiger charge is -2.20. The van der Waals surface area contributed by atoms with Crippen molar-refractivity contribution in [3.63, 3.8) is 0 Å². The van der Waals surface area contributed by atoms with Crippen LogP contribution in [0.3, 0.4) is 0 Å². The smallest absolute Gasteiger partial charge is 0.407 e. The Labute approximate surface area is 517 Å². The van der Waals surface area contributed by atoms with Gasteiger partial charge in [0, 0.05) is 61.1 Å². The van der Waals surface area contributed by atoms with E-state index in [0.29, 0.717) is 66.9 Å². The molecule has 4 heterocycles. The monoisotopic (exact) mass is 1320 g/mol. The molecular weight excluding hydrogens is 1270 g/mol. The van der Waals surface area contributed by atoms with Crippen LogP contribution in [0.15, 0.2) is 184 Å². The second-order valence-corrected chi connectivity index (χ2v) is 25.9. The maximum absolute atomic E-state index is 13.9. The maximum Gasteiger partial charge on any atom is 0.407 e. The summed E-state index contributed by atoms with van der Waals surface area (Å²) in [5.41, 5.74) is 6.63. The molecule has 14 nitrogen and oxygen atoms in total. The highest BCUT2D eigenvalue weighted by atomic mass is 79.9. The highest BCUT2D eigenvalue weighted by Gasteiger charge is 2.36. The van der Waals surface area contributed by atoms with E-state index in [1.807, 2.05) is 48.5 Å². The number of aromatic nitrogens is 3. The number of hydrogen-bond acceptors (Lipinski definition) is 11. The summed E-state index contributed by atoms with van der Waals surface area (Å²) in [7, 11) is -3.52. The summed E-state index contributed by atoms with van der Waals surface area (Å²) in [6.45, 7) is 11.0. The minimum absolute atomic E-state index is 0.0493. The minimum Gasteiger partial charge on any atom is -0.444 e. The molecule has 444 valence electrons. The van der Waals surface area contributed by atoms with Crippen molar-refractivity contribution in [3.05, 3.63) is 224 Å². The largest absolute Gasteiger partial charge is 0.444 e. The van der Waals surface area contributed by atoms with Gasteiger partial charge in [-0.1, -0.05) is 84.9 Å². The summed E-state index contributed by atoms with van der Waals surface area (Å²) in [5.74, 6) is -1.84. The fourth-order valence-corrected chi connectivity index (χ4v) is 11.3. The number of rotatable bonds is 10. The molecule has 0 saturated heterocycles. The lowest BCUT2D eigenvalue weighted by Crippen LogP contribution is -2.32. The molecule has 1 aliphatic heterocycles. The minimum atomic E-state index is -3.52. The fraction of sp³-hybridized carbons (Fsp3) is 0.179. The van der Waals surface area contributed by atoms with Gasteiger partial charge in [0.25, 0.3) is 11.8 Å². The van der Waals surface area contributed by atoms with Crippen LogP contribution in [-0.4, -0.2) is 69.7 Å². The number of halogens is 5. The average Bonchev–Trinajstić information content (AvgIpc) is 1.92.